The number of allylic oxidation sites excluding steroid dienone is 1. The van der Waals surface area contributed by atoms with E-state index in [1.807, 2.05) is 55.1 Å². The second kappa shape index (κ2) is 5.96. The maximum absolute atomic E-state index is 9.41. The smallest absolute Gasteiger partial charge is 0.168 e. The molecular weight excluding hydrogens is 270 g/mol. The average Bonchev–Trinajstić information content (AvgIpc) is 2.78. The van der Waals surface area contributed by atoms with Crippen molar-refractivity contribution in [1.82, 2.24) is 9.55 Å². The second-order valence-corrected chi connectivity index (χ2v) is 5.22. The molecule has 0 aliphatic carbocycles. The summed E-state index contributed by atoms with van der Waals surface area (Å²) in [6, 6.07) is 9.51. The highest BCUT2D eigenvalue weighted by Crippen LogP contribution is 2.25. The predicted octanol–water partition coefficient (Wildman–Crippen LogP) is 3.40. The number of thioether (sulfide) groups is 1. The zero-order valence-electron chi connectivity index (χ0n) is 11.8. The van der Waals surface area contributed by atoms with E-state index in [9.17, 15) is 5.21 Å². The van der Waals surface area contributed by atoms with E-state index in [1.54, 1.807) is 11.8 Å². The highest BCUT2D eigenvalue weighted by Gasteiger charge is 2.21. The van der Waals surface area contributed by atoms with Gasteiger partial charge in [0.15, 0.2) is 5.16 Å². The van der Waals surface area contributed by atoms with Gasteiger partial charge in [0.1, 0.15) is 11.4 Å². The van der Waals surface area contributed by atoms with E-state index >= 15 is 0 Å². The van der Waals surface area contributed by atoms with E-state index in [2.05, 4.69) is 16.7 Å². The van der Waals surface area contributed by atoms with E-state index in [0.29, 0.717) is 11.4 Å². The molecule has 0 radical (unpaired) electrons. The predicted molar refractivity (Wildman–Crippen MR) is 83.6 cm³/mol. The van der Waals surface area contributed by atoms with Crippen LogP contribution in [0.25, 0.3) is 5.57 Å². The maximum Gasteiger partial charge on any atom is 0.168 e. The highest BCUT2D eigenvalue weighted by atomic mass is 32.2. The third-order valence-electron chi connectivity index (χ3n) is 3.01. The first-order chi connectivity index (χ1) is 9.60. The number of oxime groups is 1. The Labute approximate surface area is 122 Å². The Bertz CT molecular complexity index is 659. The van der Waals surface area contributed by atoms with Gasteiger partial charge in [-0.05, 0) is 18.8 Å². The van der Waals surface area contributed by atoms with Crippen molar-refractivity contribution in [1.29, 1.82) is 0 Å². The quantitative estimate of drug-likeness (QED) is 0.406. The minimum atomic E-state index is 0.458. The molecule has 0 fully saturated rings. The zero-order chi connectivity index (χ0) is 14.7. The Morgan fingerprint density at radius 2 is 2.00 bits per heavy atom. The van der Waals surface area contributed by atoms with E-state index < -0.39 is 0 Å². The van der Waals surface area contributed by atoms with Crippen molar-refractivity contribution in [3.63, 3.8) is 0 Å². The standard InChI is InChI=1S/C15H17N3OS/c1-10(2)14-13(16-15(20-4)18(14)3)12(17-19)11-8-6-5-7-9-11/h5-9,19H,1H2,2-4H3/b17-12+. The number of aromatic nitrogens is 2. The number of hydrogen-bond acceptors (Lipinski definition) is 4. The monoisotopic (exact) mass is 287 g/mol. The molecule has 0 aliphatic heterocycles. The van der Waals surface area contributed by atoms with Crippen LogP contribution in [0.3, 0.4) is 0 Å². The molecule has 20 heavy (non-hydrogen) atoms. The van der Waals surface area contributed by atoms with Crippen LogP contribution in [0.2, 0.25) is 0 Å². The maximum atomic E-state index is 9.41. The molecule has 2 aromatic rings. The Kier molecular flexibility index (Phi) is 4.29. The highest BCUT2D eigenvalue weighted by molar-refractivity contribution is 7.98. The second-order valence-electron chi connectivity index (χ2n) is 4.45. The number of hydrogen-bond donors (Lipinski definition) is 1. The Morgan fingerprint density at radius 3 is 2.50 bits per heavy atom. The molecular formula is C15H17N3OS. The average molecular weight is 287 g/mol. The van der Waals surface area contributed by atoms with Gasteiger partial charge in [-0.1, -0.05) is 53.8 Å². The molecule has 1 N–H and O–H groups in total. The van der Waals surface area contributed by atoms with Crippen molar-refractivity contribution in [2.75, 3.05) is 6.26 Å². The van der Waals surface area contributed by atoms with Gasteiger partial charge < -0.3 is 9.77 Å². The first kappa shape index (κ1) is 14.4. The fourth-order valence-corrected chi connectivity index (χ4v) is 2.70. The normalized spacial score (nSPS) is 11.7. The molecule has 0 atom stereocenters. The summed E-state index contributed by atoms with van der Waals surface area (Å²) in [6.45, 7) is 5.92. The molecule has 0 amide bonds. The minimum absolute atomic E-state index is 0.458. The molecule has 4 nitrogen and oxygen atoms in total. The van der Waals surface area contributed by atoms with Crippen LogP contribution in [0.4, 0.5) is 0 Å². The van der Waals surface area contributed by atoms with Gasteiger partial charge in [-0.25, -0.2) is 4.98 Å². The van der Waals surface area contributed by atoms with Gasteiger partial charge in [-0.3, -0.25) is 0 Å². The van der Waals surface area contributed by atoms with Crippen molar-refractivity contribution < 1.29 is 5.21 Å². The fraction of sp³-hybridized carbons (Fsp3) is 0.200. The number of nitrogens with zero attached hydrogens (tertiary/aromatic N) is 3. The number of imidazole rings is 1. The summed E-state index contributed by atoms with van der Waals surface area (Å²) in [7, 11) is 1.94. The van der Waals surface area contributed by atoms with E-state index in [1.165, 1.54) is 0 Å². The Hall–Kier alpha value is -2.01. The molecule has 0 aliphatic rings. The SMILES string of the molecule is C=C(C)c1c(/C(=N/O)c2ccccc2)nc(SC)n1C. The van der Waals surface area contributed by atoms with Gasteiger partial charge in [-0.2, -0.15) is 0 Å². The van der Waals surface area contributed by atoms with E-state index in [0.717, 1.165) is 22.0 Å². The van der Waals surface area contributed by atoms with Crippen molar-refractivity contribution in [3.8, 4) is 0 Å². The van der Waals surface area contributed by atoms with Gasteiger partial charge in [0.25, 0.3) is 0 Å². The minimum Gasteiger partial charge on any atom is -0.410 e. The molecule has 104 valence electrons. The van der Waals surface area contributed by atoms with Gasteiger partial charge in [0.2, 0.25) is 0 Å². The summed E-state index contributed by atoms with van der Waals surface area (Å²) < 4.78 is 1.97. The summed E-state index contributed by atoms with van der Waals surface area (Å²) in [4.78, 5) is 4.57. The number of rotatable bonds is 4. The van der Waals surface area contributed by atoms with Crippen molar-refractivity contribution in [3.05, 3.63) is 53.9 Å². The lowest BCUT2D eigenvalue weighted by molar-refractivity contribution is 0.319. The van der Waals surface area contributed by atoms with Crippen LogP contribution in [-0.4, -0.2) is 26.7 Å². The third kappa shape index (κ3) is 2.49. The molecule has 0 saturated heterocycles. The molecule has 5 heteroatoms. The lowest BCUT2D eigenvalue weighted by atomic mass is 10.0. The Morgan fingerprint density at radius 1 is 1.35 bits per heavy atom. The first-order valence-corrected chi connectivity index (χ1v) is 7.37. The van der Waals surface area contributed by atoms with Gasteiger partial charge in [0, 0.05) is 12.6 Å². The summed E-state index contributed by atoms with van der Waals surface area (Å²) in [5, 5.41) is 13.7. The van der Waals surface area contributed by atoms with Crippen LogP contribution in [0.1, 0.15) is 23.9 Å². The van der Waals surface area contributed by atoms with Gasteiger partial charge in [0.05, 0.1) is 5.69 Å². The summed E-state index contributed by atoms with van der Waals surface area (Å²) in [5.41, 5.74) is 3.69. The molecule has 0 spiro atoms. The van der Waals surface area contributed by atoms with Crippen molar-refractivity contribution in [2.45, 2.75) is 12.1 Å². The van der Waals surface area contributed by atoms with Crippen LogP contribution in [0.15, 0.2) is 47.2 Å². The lowest BCUT2D eigenvalue weighted by Crippen LogP contribution is -2.07. The van der Waals surface area contributed by atoms with Crippen molar-refractivity contribution >= 4 is 23.0 Å². The summed E-state index contributed by atoms with van der Waals surface area (Å²) >= 11 is 1.55. The van der Waals surface area contributed by atoms with E-state index in [-0.39, 0.29) is 0 Å². The lowest BCUT2D eigenvalue weighted by Gasteiger charge is -2.07. The topological polar surface area (TPSA) is 50.4 Å². The molecule has 1 aromatic carbocycles. The molecule has 2 rings (SSSR count). The zero-order valence-corrected chi connectivity index (χ0v) is 12.6. The van der Waals surface area contributed by atoms with Gasteiger partial charge in [-0.15, -0.1) is 0 Å². The van der Waals surface area contributed by atoms with Gasteiger partial charge >= 0.3 is 0 Å². The largest absolute Gasteiger partial charge is 0.410 e. The van der Waals surface area contributed by atoms with Crippen LogP contribution < -0.4 is 0 Å². The summed E-state index contributed by atoms with van der Waals surface area (Å²) in [6.07, 6.45) is 1.96. The third-order valence-corrected chi connectivity index (χ3v) is 3.74. The van der Waals surface area contributed by atoms with Crippen LogP contribution >= 0.6 is 11.8 Å². The van der Waals surface area contributed by atoms with Crippen LogP contribution in [-0.2, 0) is 7.05 Å². The first-order valence-electron chi connectivity index (χ1n) is 6.14. The summed E-state index contributed by atoms with van der Waals surface area (Å²) in [5.74, 6) is 0. The molecule has 0 unspecified atom stereocenters. The molecule has 1 aromatic heterocycles. The van der Waals surface area contributed by atoms with Crippen LogP contribution in [0, 0.1) is 0 Å². The fourth-order valence-electron chi connectivity index (χ4n) is 2.15. The molecule has 0 bridgehead atoms. The van der Waals surface area contributed by atoms with E-state index in [4.69, 9.17) is 0 Å². The van der Waals surface area contributed by atoms with Crippen LogP contribution in [0.5, 0.6) is 0 Å². The van der Waals surface area contributed by atoms with Crippen molar-refractivity contribution in [2.24, 2.45) is 12.2 Å². The Balaban J connectivity index is 2.65. The molecule has 0 saturated carbocycles. The number of benzene rings is 1. The molecule has 1 heterocycles.